The van der Waals surface area contributed by atoms with Crippen LogP contribution in [0, 0.1) is 18.7 Å². The molecule has 1 aliphatic carbocycles. The molecule has 4 heteroatoms. The summed E-state index contributed by atoms with van der Waals surface area (Å²) in [4.78, 5) is 12.4. The van der Waals surface area contributed by atoms with Crippen molar-refractivity contribution in [1.82, 2.24) is 0 Å². The normalized spacial score (nSPS) is 19.6. The SMILES string of the molecule is COc1ccc(C)cc1NC(=O)[C@H]1C[C@H]1c1ccccc1F. The van der Waals surface area contributed by atoms with E-state index in [2.05, 4.69) is 5.32 Å². The number of anilines is 1. The zero-order valence-electron chi connectivity index (χ0n) is 12.6. The molecule has 0 heterocycles. The summed E-state index contributed by atoms with van der Waals surface area (Å²) in [7, 11) is 1.57. The smallest absolute Gasteiger partial charge is 0.228 e. The van der Waals surface area contributed by atoms with E-state index in [4.69, 9.17) is 4.74 Å². The van der Waals surface area contributed by atoms with Crippen LogP contribution in [0.5, 0.6) is 5.75 Å². The lowest BCUT2D eigenvalue weighted by atomic mass is 10.1. The van der Waals surface area contributed by atoms with Crippen LogP contribution in [0.3, 0.4) is 0 Å². The average Bonchev–Trinajstić information content (AvgIpc) is 3.28. The maximum absolute atomic E-state index is 13.8. The van der Waals surface area contributed by atoms with Crippen molar-refractivity contribution >= 4 is 11.6 Å². The van der Waals surface area contributed by atoms with Crippen molar-refractivity contribution in [3.05, 3.63) is 59.4 Å². The molecule has 2 aromatic rings. The van der Waals surface area contributed by atoms with E-state index in [1.807, 2.05) is 25.1 Å². The van der Waals surface area contributed by atoms with Gasteiger partial charge in [0.15, 0.2) is 0 Å². The largest absolute Gasteiger partial charge is 0.495 e. The summed E-state index contributed by atoms with van der Waals surface area (Å²) >= 11 is 0. The lowest BCUT2D eigenvalue weighted by Crippen LogP contribution is -2.15. The molecule has 2 aromatic carbocycles. The van der Waals surface area contributed by atoms with Gasteiger partial charge in [-0.1, -0.05) is 24.3 Å². The number of methoxy groups -OCH3 is 1. The Kier molecular flexibility index (Phi) is 3.84. The fourth-order valence-electron chi connectivity index (χ4n) is 2.75. The molecule has 22 heavy (non-hydrogen) atoms. The average molecular weight is 299 g/mol. The molecule has 1 N–H and O–H groups in total. The van der Waals surface area contributed by atoms with E-state index in [1.54, 1.807) is 25.3 Å². The molecule has 1 amide bonds. The van der Waals surface area contributed by atoms with Gasteiger partial charge in [0.2, 0.25) is 5.91 Å². The number of rotatable bonds is 4. The number of hydrogen-bond donors (Lipinski definition) is 1. The first-order chi connectivity index (χ1) is 10.6. The van der Waals surface area contributed by atoms with Gasteiger partial charge in [0.1, 0.15) is 11.6 Å². The number of halogens is 1. The third-order valence-corrected chi connectivity index (χ3v) is 4.04. The second-order valence-electron chi connectivity index (χ2n) is 5.66. The van der Waals surface area contributed by atoms with Crippen LogP contribution < -0.4 is 10.1 Å². The van der Waals surface area contributed by atoms with Crippen LogP contribution in [0.25, 0.3) is 0 Å². The highest BCUT2D eigenvalue weighted by Crippen LogP contribution is 2.49. The van der Waals surface area contributed by atoms with E-state index in [-0.39, 0.29) is 23.6 Å². The molecule has 0 radical (unpaired) electrons. The third-order valence-electron chi connectivity index (χ3n) is 4.04. The van der Waals surface area contributed by atoms with Gasteiger partial charge >= 0.3 is 0 Å². The lowest BCUT2D eigenvalue weighted by Gasteiger charge is -2.11. The van der Waals surface area contributed by atoms with Crippen LogP contribution in [0.1, 0.15) is 23.5 Å². The Morgan fingerprint density at radius 1 is 1.27 bits per heavy atom. The molecule has 3 nitrogen and oxygen atoms in total. The van der Waals surface area contributed by atoms with Gasteiger partial charge in [0.25, 0.3) is 0 Å². The van der Waals surface area contributed by atoms with Crippen molar-refractivity contribution in [3.63, 3.8) is 0 Å². The number of aryl methyl sites for hydroxylation is 1. The number of hydrogen-bond acceptors (Lipinski definition) is 2. The molecule has 3 rings (SSSR count). The number of nitrogens with one attached hydrogen (secondary N) is 1. The number of carbonyl (C=O) groups is 1. The maximum Gasteiger partial charge on any atom is 0.228 e. The van der Waals surface area contributed by atoms with Crippen LogP contribution in [-0.4, -0.2) is 13.0 Å². The summed E-state index contributed by atoms with van der Waals surface area (Å²) in [6.07, 6.45) is 0.681. The molecule has 0 aliphatic heterocycles. The van der Waals surface area contributed by atoms with Crippen LogP contribution in [0.4, 0.5) is 10.1 Å². The molecule has 1 fully saturated rings. The first-order valence-corrected chi connectivity index (χ1v) is 7.30. The third kappa shape index (κ3) is 2.82. The molecular weight excluding hydrogens is 281 g/mol. The monoisotopic (exact) mass is 299 g/mol. The number of carbonyl (C=O) groups excluding carboxylic acids is 1. The van der Waals surface area contributed by atoms with Gasteiger partial charge in [0.05, 0.1) is 12.8 Å². The summed E-state index contributed by atoms with van der Waals surface area (Å²) in [5.41, 5.74) is 2.32. The predicted molar refractivity (Wildman–Crippen MR) is 83.6 cm³/mol. The Bertz CT molecular complexity index is 714. The van der Waals surface area contributed by atoms with E-state index in [0.29, 0.717) is 23.4 Å². The molecule has 0 unspecified atom stereocenters. The Hall–Kier alpha value is -2.36. The molecule has 0 aromatic heterocycles. The zero-order chi connectivity index (χ0) is 15.7. The van der Waals surface area contributed by atoms with E-state index in [1.165, 1.54) is 6.07 Å². The van der Waals surface area contributed by atoms with Crippen molar-refractivity contribution in [2.75, 3.05) is 12.4 Å². The maximum atomic E-state index is 13.8. The quantitative estimate of drug-likeness (QED) is 0.930. The van der Waals surface area contributed by atoms with Gasteiger partial charge in [0, 0.05) is 5.92 Å². The van der Waals surface area contributed by atoms with Gasteiger partial charge in [-0.2, -0.15) is 0 Å². The van der Waals surface area contributed by atoms with Crippen molar-refractivity contribution in [1.29, 1.82) is 0 Å². The lowest BCUT2D eigenvalue weighted by molar-refractivity contribution is -0.117. The van der Waals surface area contributed by atoms with E-state index in [0.717, 1.165) is 5.56 Å². The van der Waals surface area contributed by atoms with Crippen LogP contribution >= 0.6 is 0 Å². The van der Waals surface area contributed by atoms with E-state index < -0.39 is 0 Å². The highest BCUT2D eigenvalue weighted by molar-refractivity contribution is 5.96. The Morgan fingerprint density at radius 2 is 2.05 bits per heavy atom. The molecular formula is C18H18FNO2. The summed E-state index contributed by atoms with van der Waals surface area (Å²) in [6, 6.07) is 12.3. The fourth-order valence-corrected chi connectivity index (χ4v) is 2.75. The highest BCUT2D eigenvalue weighted by atomic mass is 19.1. The van der Waals surface area contributed by atoms with Gasteiger partial charge in [-0.05, 0) is 48.6 Å². The topological polar surface area (TPSA) is 38.3 Å². The first-order valence-electron chi connectivity index (χ1n) is 7.30. The van der Waals surface area contributed by atoms with Crippen molar-refractivity contribution in [2.45, 2.75) is 19.3 Å². The Labute approximate surface area is 129 Å². The minimum absolute atomic E-state index is 0.0306. The molecule has 0 spiro atoms. The zero-order valence-corrected chi connectivity index (χ0v) is 12.6. The Balaban J connectivity index is 1.72. The minimum atomic E-state index is -0.240. The molecule has 114 valence electrons. The molecule has 0 saturated heterocycles. The molecule has 2 atom stereocenters. The van der Waals surface area contributed by atoms with E-state index in [9.17, 15) is 9.18 Å². The van der Waals surface area contributed by atoms with Gasteiger partial charge in [-0.3, -0.25) is 4.79 Å². The van der Waals surface area contributed by atoms with E-state index >= 15 is 0 Å². The van der Waals surface area contributed by atoms with Crippen LogP contribution in [-0.2, 0) is 4.79 Å². The number of ether oxygens (including phenoxy) is 1. The summed E-state index contributed by atoms with van der Waals surface area (Å²) in [5, 5.41) is 2.90. The second-order valence-corrected chi connectivity index (χ2v) is 5.66. The standard InChI is InChI=1S/C18H18FNO2/c1-11-7-8-17(22-2)16(9-11)20-18(21)14-10-13(14)12-5-3-4-6-15(12)19/h3-9,13-14H,10H2,1-2H3,(H,20,21)/t13-,14-/m0/s1. The van der Waals surface area contributed by atoms with Crippen molar-refractivity contribution < 1.29 is 13.9 Å². The van der Waals surface area contributed by atoms with Crippen molar-refractivity contribution in [3.8, 4) is 5.75 Å². The number of amides is 1. The highest BCUT2D eigenvalue weighted by Gasteiger charge is 2.45. The van der Waals surface area contributed by atoms with Crippen LogP contribution in [0.15, 0.2) is 42.5 Å². The first kappa shape index (κ1) is 14.6. The molecule has 0 bridgehead atoms. The molecule has 1 aliphatic rings. The number of benzene rings is 2. The summed E-state index contributed by atoms with van der Waals surface area (Å²) in [6.45, 7) is 1.95. The second kappa shape index (κ2) is 5.79. The van der Waals surface area contributed by atoms with Crippen molar-refractivity contribution in [2.24, 2.45) is 5.92 Å². The Morgan fingerprint density at radius 3 is 2.77 bits per heavy atom. The van der Waals surface area contributed by atoms with Gasteiger partial charge in [-0.15, -0.1) is 0 Å². The van der Waals surface area contributed by atoms with Crippen LogP contribution in [0.2, 0.25) is 0 Å². The predicted octanol–water partition coefficient (Wildman–Crippen LogP) is 3.88. The molecule has 1 saturated carbocycles. The summed E-state index contributed by atoms with van der Waals surface area (Å²) < 4.78 is 19.0. The minimum Gasteiger partial charge on any atom is -0.495 e. The summed E-state index contributed by atoms with van der Waals surface area (Å²) in [5.74, 6) is 0.0919. The fraction of sp³-hybridized carbons (Fsp3) is 0.278. The van der Waals surface area contributed by atoms with Gasteiger partial charge in [-0.25, -0.2) is 4.39 Å². The van der Waals surface area contributed by atoms with Gasteiger partial charge < -0.3 is 10.1 Å².